The van der Waals surface area contributed by atoms with Crippen molar-refractivity contribution in [2.75, 3.05) is 6.54 Å². The topological polar surface area (TPSA) is 103 Å². The minimum Gasteiger partial charge on any atom is -0.477 e. The average Bonchev–Trinajstić information content (AvgIpc) is 3.07. The first-order chi connectivity index (χ1) is 10.6. The second-order valence-corrected chi connectivity index (χ2v) is 6.09. The first-order valence-electron chi connectivity index (χ1n) is 8.05. The maximum absolute atomic E-state index is 11.7. The zero-order valence-corrected chi connectivity index (χ0v) is 12.8. The van der Waals surface area contributed by atoms with E-state index >= 15 is 0 Å². The molecule has 22 heavy (non-hydrogen) atoms. The smallest absolute Gasteiger partial charge is 0.407 e. The van der Waals surface area contributed by atoms with Crippen molar-refractivity contribution >= 4 is 12.1 Å². The standard InChI is InChI=1S/C16H24N2O4/c17-13(15(19)20)9-5-6-10-18-16(21)22-14-11-7-3-1-2-4-8-12(11)14/h11-14H,3-10,17H2,(H,18,21)(H,19,20)/p+1. The Bertz CT molecular complexity index is 451. The molecule has 1 saturated carbocycles. The van der Waals surface area contributed by atoms with Crippen molar-refractivity contribution in [2.45, 2.75) is 57.1 Å². The minimum absolute atomic E-state index is 0.0536. The van der Waals surface area contributed by atoms with Crippen molar-refractivity contribution in [3.05, 3.63) is 0 Å². The highest BCUT2D eigenvalue weighted by Gasteiger charge is 2.52. The highest BCUT2D eigenvalue weighted by Crippen LogP contribution is 2.48. The van der Waals surface area contributed by atoms with E-state index in [2.05, 4.69) is 22.9 Å². The molecule has 0 saturated heterocycles. The van der Waals surface area contributed by atoms with Gasteiger partial charge >= 0.3 is 12.1 Å². The molecule has 2 aliphatic carbocycles. The van der Waals surface area contributed by atoms with Gasteiger partial charge in [0.25, 0.3) is 0 Å². The van der Waals surface area contributed by atoms with Gasteiger partial charge in [-0.1, -0.05) is 0 Å². The number of alkyl carbamates (subject to hydrolysis) is 1. The lowest BCUT2D eigenvalue weighted by Gasteiger charge is -2.07. The summed E-state index contributed by atoms with van der Waals surface area (Å²) in [4.78, 5) is 22.4. The van der Waals surface area contributed by atoms with Gasteiger partial charge in [0.15, 0.2) is 6.04 Å². The van der Waals surface area contributed by atoms with E-state index in [0.717, 1.165) is 38.5 Å². The quantitative estimate of drug-likeness (QED) is 0.477. The number of aliphatic carboxylic acids is 1. The molecule has 3 unspecified atom stereocenters. The SMILES string of the molecule is [NH3+]C(CCCCNC(=O)OC1C2CCC#CCCC21)C(=O)O. The van der Waals surface area contributed by atoms with Gasteiger partial charge in [-0.25, -0.2) is 9.59 Å². The highest BCUT2D eigenvalue weighted by atomic mass is 16.6. The van der Waals surface area contributed by atoms with E-state index in [9.17, 15) is 9.59 Å². The average molecular weight is 309 g/mol. The molecule has 2 rings (SSSR count). The fourth-order valence-electron chi connectivity index (χ4n) is 2.99. The van der Waals surface area contributed by atoms with Gasteiger partial charge in [-0.05, 0) is 25.7 Å². The van der Waals surface area contributed by atoms with Crippen LogP contribution in [0, 0.1) is 23.7 Å². The van der Waals surface area contributed by atoms with Crippen LogP contribution in [0.5, 0.6) is 0 Å². The van der Waals surface area contributed by atoms with Gasteiger partial charge in [-0.2, -0.15) is 0 Å². The largest absolute Gasteiger partial charge is 0.477 e. The van der Waals surface area contributed by atoms with Gasteiger partial charge in [0.1, 0.15) is 6.10 Å². The van der Waals surface area contributed by atoms with Crippen LogP contribution in [0.15, 0.2) is 0 Å². The van der Waals surface area contributed by atoms with Gasteiger partial charge in [0, 0.05) is 37.6 Å². The molecule has 0 aromatic heterocycles. The number of hydrogen-bond donors (Lipinski definition) is 3. The number of fused-ring (bicyclic) bond motifs is 1. The molecule has 2 aliphatic rings. The van der Waals surface area contributed by atoms with E-state index in [4.69, 9.17) is 9.84 Å². The van der Waals surface area contributed by atoms with Crippen LogP contribution in [0.4, 0.5) is 4.79 Å². The fraction of sp³-hybridized carbons (Fsp3) is 0.750. The zero-order valence-electron chi connectivity index (χ0n) is 12.8. The lowest BCUT2D eigenvalue weighted by molar-refractivity contribution is -0.409. The summed E-state index contributed by atoms with van der Waals surface area (Å²) < 4.78 is 5.47. The maximum Gasteiger partial charge on any atom is 0.407 e. The molecular weight excluding hydrogens is 284 g/mol. The van der Waals surface area contributed by atoms with Crippen molar-refractivity contribution in [3.8, 4) is 11.8 Å². The van der Waals surface area contributed by atoms with Gasteiger partial charge in [-0.15, -0.1) is 11.8 Å². The summed E-state index contributed by atoms with van der Waals surface area (Å²) in [5, 5.41) is 11.5. The molecule has 0 heterocycles. The van der Waals surface area contributed by atoms with Crippen LogP contribution in [0.3, 0.4) is 0 Å². The maximum atomic E-state index is 11.7. The van der Waals surface area contributed by atoms with E-state index in [1.54, 1.807) is 0 Å². The lowest BCUT2D eigenvalue weighted by Crippen LogP contribution is -2.64. The molecule has 6 heteroatoms. The molecule has 0 aliphatic heterocycles. The summed E-state index contributed by atoms with van der Waals surface area (Å²) >= 11 is 0. The first kappa shape index (κ1) is 16.6. The van der Waals surface area contributed by atoms with Crippen molar-refractivity contribution < 1.29 is 25.2 Å². The number of unbranched alkanes of at least 4 members (excludes halogenated alkanes) is 1. The molecule has 0 aromatic rings. The Labute approximate surface area is 130 Å². The monoisotopic (exact) mass is 309 g/mol. The number of carbonyl (C=O) groups is 2. The second-order valence-electron chi connectivity index (χ2n) is 6.09. The van der Waals surface area contributed by atoms with E-state index < -0.39 is 12.0 Å². The number of ether oxygens (including phenoxy) is 1. The molecule has 0 aromatic carbocycles. The number of carboxylic acids is 1. The normalized spacial score (nSPS) is 27.2. The Balaban J connectivity index is 1.55. The number of carbonyl (C=O) groups excluding carboxylic acids is 1. The van der Waals surface area contributed by atoms with Crippen LogP contribution in [0.25, 0.3) is 0 Å². The summed E-state index contributed by atoms with van der Waals surface area (Å²) in [7, 11) is 0. The van der Waals surface area contributed by atoms with Crippen molar-refractivity contribution in [3.63, 3.8) is 0 Å². The minimum atomic E-state index is -0.875. The molecule has 0 spiro atoms. The van der Waals surface area contributed by atoms with Crippen LogP contribution < -0.4 is 11.1 Å². The third-order valence-corrected chi connectivity index (χ3v) is 4.42. The van der Waals surface area contributed by atoms with Gasteiger partial charge in [0.2, 0.25) is 0 Å². The van der Waals surface area contributed by atoms with Gasteiger partial charge < -0.3 is 20.9 Å². The first-order valence-corrected chi connectivity index (χ1v) is 8.05. The molecule has 5 N–H and O–H groups in total. The van der Waals surface area contributed by atoms with E-state index in [0.29, 0.717) is 24.8 Å². The third kappa shape index (κ3) is 4.92. The fourth-order valence-corrected chi connectivity index (χ4v) is 2.99. The summed E-state index contributed by atoms with van der Waals surface area (Å²) in [6.45, 7) is 0.510. The summed E-state index contributed by atoms with van der Waals surface area (Å²) in [5.74, 6) is 6.36. The molecule has 0 bridgehead atoms. The number of quaternary nitrogens is 1. The Morgan fingerprint density at radius 2 is 1.86 bits per heavy atom. The molecule has 3 atom stereocenters. The second kappa shape index (κ2) is 8.04. The van der Waals surface area contributed by atoms with Crippen LogP contribution in [-0.2, 0) is 9.53 Å². The Hall–Kier alpha value is -1.74. The van der Waals surface area contributed by atoms with Crippen LogP contribution in [-0.4, -0.2) is 35.9 Å². The number of amides is 1. The van der Waals surface area contributed by atoms with Crippen LogP contribution in [0.1, 0.15) is 44.9 Å². The van der Waals surface area contributed by atoms with Gasteiger partial charge in [-0.3, -0.25) is 0 Å². The lowest BCUT2D eigenvalue weighted by atomic mass is 10.1. The molecule has 6 nitrogen and oxygen atoms in total. The third-order valence-electron chi connectivity index (χ3n) is 4.42. The summed E-state index contributed by atoms with van der Waals surface area (Å²) in [6, 6.07) is -0.573. The van der Waals surface area contributed by atoms with E-state index in [1.165, 1.54) is 0 Å². The Morgan fingerprint density at radius 1 is 1.23 bits per heavy atom. The van der Waals surface area contributed by atoms with Crippen molar-refractivity contribution in [1.29, 1.82) is 0 Å². The number of hydrogen-bond acceptors (Lipinski definition) is 3. The van der Waals surface area contributed by atoms with Crippen molar-refractivity contribution in [2.24, 2.45) is 11.8 Å². The number of nitrogens with one attached hydrogen (secondary N) is 1. The molecule has 122 valence electrons. The number of rotatable bonds is 7. The molecular formula is C16H25N2O4+. The van der Waals surface area contributed by atoms with Crippen LogP contribution >= 0.6 is 0 Å². The predicted octanol–water partition coefficient (Wildman–Crippen LogP) is 0.770. The van der Waals surface area contributed by atoms with E-state index in [1.807, 2.05) is 0 Å². The molecule has 1 fully saturated rings. The Kier molecular flexibility index (Phi) is 6.08. The number of carboxylic acid groups (broad SMARTS) is 1. The van der Waals surface area contributed by atoms with E-state index in [-0.39, 0.29) is 12.2 Å². The summed E-state index contributed by atoms with van der Waals surface area (Å²) in [5.41, 5.74) is 3.55. The molecule has 0 radical (unpaired) electrons. The zero-order chi connectivity index (χ0) is 15.9. The van der Waals surface area contributed by atoms with Gasteiger partial charge in [0.05, 0.1) is 0 Å². The van der Waals surface area contributed by atoms with Crippen molar-refractivity contribution in [1.82, 2.24) is 5.32 Å². The molecule has 1 amide bonds. The Morgan fingerprint density at radius 3 is 2.45 bits per heavy atom. The highest BCUT2D eigenvalue weighted by molar-refractivity contribution is 5.71. The summed E-state index contributed by atoms with van der Waals surface area (Å²) in [6.07, 6.45) is 5.54. The van der Waals surface area contributed by atoms with Crippen LogP contribution in [0.2, 0.25) is 0 Å². The predicted molar refractivity (Wildman–Crippen MR) is 79.7 cm³/mol.